The van der Waals surface area contributed by atoms with Crippen molar-refractivity contribution in [2.24, 2.45) is 10.1 Å². The van der Waals surface area contributed by atoms with Crippen LogP contribution in [0, 0.1) is 6.92 Å². The summed E-state index contributed by atoms with van der Waals surface area (Å²) < 4.78 is 7.01. The zero-order chi connectivity index (χ0) is 13.0. The minimum Gasteiger partial charge on any atom is -0.463 e. The number of aryl methyl sites for hydroxylation is 1. The smallest absolute Gasteiger partial charge is 0.206 e. The van der Waals surface area contributed by atoms with Gasteiger partial charge in [0.25, 0.3) is 0 Å². The monoisotopic (exact) mass is 261 g/mol. The molecule has 2 aromatic rings. The van der Waals surface area contributed by atoms with Crippen molar-refractivity contribution in [2.75, 3.05) is 6.54 Å². The maximum Gasteiger partial charge on any atom is 0.206 e. The molecule has 0 unspecified atom stereocenters. The molecular weight excluding hydrogens is 246 g/mol. The molecule has 0 fully saturated rings. The molecule has 5 heteroatoms. The van der Waals surface area contributed by atoms with Gasteiger partial charge in [-0.05, 0) is 26.0 Å². The number of rotatable bonds is 4. The van der Waals surface area contributed by atoms with Crippen molar-refractivity contribution in [1.29, 1.82) is 0 Å². The SMILES string of the molecule is C=C(C)CN=c1scc(C)n1/N=C/c1ccco1. The average Bonchev–Trinajstić information content (AvgIpc) is 2.94. The third kappa shape index (κ3) is 3.07. The first-order valence-electron chi connectivity index (χ1n) is 5.56. The van der Waals surface area contributed by atoms with Gasteiger partial charge in [0.1, 0.15) is 5.76 Å². The van der Waals surface area contributed by atoms with Crippen LogP contribution in [0.3, 0.4) is 0 Å². The fourth-order valence-electron chi connectivity index (χ4n) is 1.32. The molecule has 0 bridgehead atoms. The van der Waals surface area contributed by atoms with Crippen molar-refractivity contribution in [3.05, 3.63) is 52.2 Å². The molecule has 0 amide bonds. The summed E-state index contributed by atoms with van der Waals surface area (Å²) in [6.07, 6.45) is 3.30. The summed E-state index contributed by atoms with van der Waals surface area (Å²) >= 11 is 1.57. The summed E-state index contributed by atoms with van der Waals surface area (Å²) in [6.45, 7) is 8.42. The van der Waals surface area contributed by atoms with E-state index in [1.54, 1.807) is 28.5 Å². The van der Waals surface area contributed by atoms with Crippen molar-refractivity contribution in [2.45, 2.75) is 13.8 Å². The Balaban J connectivity index is 2.30. The van der Waals surface area contributed by atoms with Gasteiger partial charge in [-0.2, -0.15) is 5.10 Å². The largest absolute Gasteiger partial charge is 0.463 e. The van der Waals surface area contributed by atoms with Crippen LogP contribution in [0.4, 0.5) is 0 Å². The Hall–Kier alpha value is -1.88. The van der Waals surface area contributed by atoms with Gasteiger partial charge in [0.05, 0.1) is 24.7 Å². The Morgan fingerprint density at radius 2 is 2.44 bits per heavy atom. The molecule has 94 valence electrons. The lowest BCUT2D eigenvalue weighted by Gasteiger charge is -1.96. The van der Waals surface area contributed by atoms with Crippen molar-refractivity contribution in [3.63, 3.8) is 0 Å². The second-order valence-electron chi connectivity index (χ2n) is 4.00. The first-order valence-corrected chi connectivity index (χ1v) is 6.44. The number of aromatic nitrogens is 1. The molecule has 0 saturated heterocycles. The van der Waals surface area contributed by atoms with Crippen LogP contribution in [0.5, 0.6) is 0 Å². The molecule has 2 heterocycles. The summed E-state index contributed by atoms with van der Waals surface area (Å²) in [6, 6.07) is 3.69. The van der Waals surface area contributed by atoms with E-state index in [2.05, 4.69) is 16.7 Å². The number of furan rings is 1. The lowest BCUT2D eigenvalue weighted by molar-refractivity contribution is 0.559. The van der Waals surface area contributed by atoms with Gasteiger partial charge in [0, 0.05) is 5.38 Å². The van der Waals surface area contributed by atoms with E-state index in [-0.39, 0.29) is 0 Å². The molecule has 0 aliphatic heterocycles. The molecule has 0 saturated carbocycles. The van der Waals surface area contributed by atoms with Crippen LogP contribution in [-0.4, -0.2) is 17.4 Å². The Morgan fingerprint density at radius 3 is 3.11 bits per heavy atom. The van der Waals surface area contributed by atoms with Crippen molar-refractivity contribution in [1.82, 2.24) is 4.68 Å². The normalized spacial score (nSPS) is 12.4. The van der Waals surface area contributed by atoms with Gasteiger partial charge in [-0.3, -0.25) is 4.99 Å². The van der Waals surface area contributed by atoms with Crippen LogP contribution < -0.4 is 4.80 Å². The van der Waals surface area contributed by atoms with E-state index < -0.39 is 0 Å². The minimum absolute atomic E-state index is 0.621. The van der Waals surface area contributed by atoms with Gasteiger partial charge >= 0.3 is 0 Å². The quantitative estimate of drug-likeness (QED) is 0.616. The molecule has 18 heavy (non-hydrogen) atoms. The molecule has 0 radical (unpaired) electrons. The Kier molecular flexibility index (Phi) is 3.94. The Morgan fingerprint density at radius 1 is 1.61 bits per heavy atom. The van der Waals surface area contributed by atoms with E-state index >= 15 is 0 Å². The standard InChI is InChI=1S/C13H15N3OS/c1-10(2)7-14-13-16(11(3)9-18-13)15-8-12-5-4-6-17-12/h4-6,8-9H,1,7H2,2-3H3/b14-13?,15-8+. The van der Waals surface area contributed by atoms with Crippen molar-refractivity contribution < 1.29 is 4.42 Å². The van der Waals surface area contributed by atoms with Crippen LogP contribution in [0.15, 0.2) is 50.4 Å². The van der Waals surface area contributed by atoms with Gasteiger partial charge in [0.15, 0.2) is 0 Å². The number of hydrogen-bond acceptors (Lipinski definition) is 4. The van der Waals surface area contributed by atoms with Crippen LogP contribution in [0.1, 0.15) is 18.4 Å². The summed E-state index contributed by atoms with van der Waals surface area (Å²) in [5, 5.41) is 6.40. The summed E-state index contributed by atoms with van der Waals surface area (Å²) in [4.78, 5) is 5.32. The van der Waals surface area contributed by atoms with Gasteiger partial charge < -0.3 is 4.42 Å². The summed E-state index contributed by atoms with van der Waals surface area (Å²) in [5.41, 5.74) is 2.07. The van der Waals surface area contributed by atoms with E-state index in [0.29, 0.717) is 6.54 Å². The van der Waals surface area contributed by atoms with Crippen LogP contribution >= 0.6 is 11.3 Å². The first-order chi connectivity index (χ1) is 8.66. The fourth-order valence-corrected chi connectivity index (χ4v) is 2.12. The van der Waals surface area contributed by atoms with E-state index in [1.807, 2.05) is 31.4 Å². The molecular formula is C13H15N3OS. The molecule has 0 aliphatic carbocycles. The second kappa shape index (κ2) is 5.64. The maximum atomic E-state index is 5.21. The van der Waals surface area contributed by atoms with Crippen molar-refractivity contribution >= 4 is 17.6 Å². The molecule has 0 spiro atoms. The zero-order valence-electron chi connectivity index (χ0n) is 10.5. The predicted molar refractivity (Wildman–Crippen MR) is 74.0 cm³/mol. The molecule has 0 atom stereocenters. The highest BCUT2D eigenvalue weighted by atomic mass is 32.1. The minimum atomic E-state index is 0.621. The molecule has 2 aromatic heterocycles. The lowest BCUT2D eigenvalue weighted by atomic mass is 10.4. The third-order valence-electron chi connectivity index (χ3n) is 2.18. The van der Waals surface area contributed by atoms with Crippen molar-refractivity contribution in [3.8, 4) is 0 Å². The highest BCUT2D eigenvalue weighted by Crippen LogP contribution is 2.01. The van der Waals surface area contributed by atoms with E-state index in [1.165, 1.54) is 0 Å². The number of nitrogens with zero attached hydrogens (tertiary/aromatic N) is 3. The molecule has 0 N–H and O–H groups in total. The van der Waals surface area contributed by atoms with Crippen LogP contribution in [0.2, 0.25) is 0 Å². The van der Waals surface area contributed by atoms with Gasteiger partial charge in [-0.15, -0.1) is 11.3 Å². The van der Waals surface area contributed by atoms with Gasteiger partial charge in [0.2, 0.25) is 4.80 Å². The van der Waals surface area contributed by atoms with Gasteiger partial charge in [-0.1, -0.05) is 12.2 Å². The molecule has 0 aromatic carbocycles. The highest BCUT2D eigenvalue weighted by molar-refractivity contribution is 7.07. The topological polar surface area (TPSA) is 42.8 Å². The fraction of sp³-hybridized carbons (Fsp3) is 0.231. The highest BCUT2D eigenvalue weighted by Gasteiger charge is 1.99. The summed E-state index contributed by atoms with van der Waals surface area (Å²) in [7, 11) is 0. The third-order valence-corrected chi connectivity index (χ3v) is 3.15. The van der Waals surface area contributed by atoms with Crippen LogP contribution in [0.25, 0.3) is 0 Å². The van der Waals surface area contributed by atoms with E-state index in [4.69, 9.17) is 4.42 Å². The van der Waals surface area contributed by atoms with E-state index in [9.17, 15) is 0 Å². The van der Waals surface area contributed by atoms with E-state index in [0.717, 1.165) is 21.8 Å². The van der Waals surface area contributed by atoms with Crippen LogP contribution in [-0.2, 0) is 0 Å². The lowest BCUT2D eigenvalue weighted by Crippen LogP contribution is -2.12. The molecule has 2 rings (SSSR count). The maximum absolute atomic E-state index is 5.21. The predicted octanol–water partition coefficient (Wildman–Crippen LogP) is 2.81. The van der Waals surface area contributed by atoms with Gasteiger partial charge in [-0.25, -0.2) is 4.68 Å². The molecule has 4 nitrogen and oxygen atoms in total. The number of thiazole rings is 1. The number of hydrogen-bond donors (Lipinski definition) is 0. The Bertz CT molecular complexity index is 617. The second-order valence-corrected chi connectivity index (χ2v) is 4.84. The first kappa shape index (κ1) is 12.6. The summed E-state index contributed by atoms with van der Waals surface area (Å²) in [5.74, 6) is 0.721. The Labute approximate surface area is 110 Å². The molecule has 0 aliphatic rings. The average molecular weight is 261 g/mol. The zero-order valence-corrected chi connectivity index (χ0v) is 11.3.